The van der Waals surface area contributed by atoms with Gasteiger partial charge in [0.15, 0.2) is 0 Å². The predicted octanol–water partition coefficient (Wildman–Crippen LogP) is 5.24. The number of alkyl halides is 1. The van der Waals surface area contributed by atoms with Crippen LogP contribution in [0.15, 0.2) is 42.5 Å². The second-order valence-corrected chi connectivity index (χ2v) is 7.68. The highest BCUT2D eigenvalue weighted by molar-refractivity contribution is 14.1. The number of halogens is 1. The quantitative estimate of drug-likeness (QED) is 0.568. The van der Waals surface area contributed by atoms with E-state index in [0.717, 1.165) is 3.92 Å². The molecule has 0 amide bonds. The van der Waals surface area contributed by atoms with Gasteiger partial charge in [0, 0.05) is 16.0 Å². The van der Waals surface area contributed by atoms with Crippen molar-refractivity contribution >= 4 is 33.4 Å². The van der Waals surface area contributed by atoms with Gasteiger partial charge in [-0.05, 0) is 42.5 Å². The standard InChI is InChI=1S/C18H22IN/c1-13(20-16-9-5-8-15(19)12-16)17-11-4-7-14-6-2-3-10-18(14)17/h2-4,6-7,10-11,13,15-16,20H,5,8-9,12H2,1H3/t13-,15+,16+/m1/s1. The Bertz CT molecular complexity index is 575. The Balaban J connectivity index is 1.80. The topological polar surface area (TPSA) is 12.0 Å². The third-order valence-corrected chi connectivity index (χ3v) is 5.52. The van der Waals surface area contributed by atoms with Crippen molar-refractivity contribution in [3.8, 4) is 0 Å². The molecule has 0 radical (unpaired) electrons. The number of rotatable bonds is 3. The van der Waals surface area contributed by atoms with Crippen molar-refractivity contribution in [3.63, 3.8) is 0 Å². The predicted molar refractivity (Wildman–Crippen MR) is 95.6 cm³/mol. The van der Waals surface area contributed by atoms with Crippen LogP contribution in [0.3, 0.4) is 0 Å². The number of hydrogen-bond acceptors (Lipinski definition) is 1. The first kappa shape index (κ1) is 14.3. The zero-order valence-corrected chi connectivity index (χ0v) is 14.1. The second-order valence-electron chi connectivity index (χ2n) is 5.92. The number of nitrogens with one attached hydrogen (secondary N) is 1. The van der Waals surface area contributed by atoms with E-state index in [2.05, 4.69) is 77.3 Å². The van der Waals surface area contributed by atoms with Gasteiger partial charge in [-0.2, -0.15) is 0 Å². The zero-order chi connectivity index (χ0) is 13.9. The monoisotopic (exact) mass is 379 g/mol. The molecule has 2 aromatic carbocycles. The molecule has 0 aliphatic heterocycles. The minimum atomic E-state index is 0.424. The second kappa shape index (κ2) is 6.44. The summed E-state index contributed by atoms with van der Waals surface area (Å²) < 4.78 is 0.846. The van der Waals surface area contributed by atoms with Crippen LogP contribution in [0.1, 0.15) is 44.2 Å². The van der Waals surface area contributed by atoms with E-state index in [1.54, 1.807) is 0 Å². The Labute approximate surface area is 135 Å². The number of benzene rings is 2. The summed E-state index contributed by atoms with van der Waals surface area (Å²) >= 11 is 2.61. The van der Waals surface area contributed by atoms with Crippen LogP contribution >= 0.6 is 22.6 Å². The molecule has 1 aliphatic carbocycles. The van der Waals surface area contributed by atoms with Crippen molar-refractivity contribution in [1.82, 2.24) is 5.32 Å². The lowest BCUT2D eigenvalue weighted by atomic mass is 9.93. The molecule has 0 unspecified atom stereocenters. The molecule has 0 saturated heterocycles. The molecular weight excluding hydrogens is 357 g/mol. The molecule has 2 heteroatoms. The van der Waals surface area contributed by atoms with Crippen LogP contribution < -0.4 is 5.32 Å². The normalized spacial score (nSPS) is 24.7. The van der Waals surface area contributed by atoms with Gasteiger partial charge in [-0.15, -0.1) is 0 Å². The van der Waals surface area contributed by atoms with Gasteiger partial charge in [0.2, 0.25) is 0 Å². The van der Waals surface area contributed by atoms with Gasteiger partial charge >= 0.3 is 0 Å². The highest BCUT2D eigenvalue weighted by Crippen LogP contribution is 2.29. The Morgan fingerprint density at radius 2 is 1.90 bits per heavy atom. The molecule has 1 nitrogen and oxygen atoms in total. The van der Waals surface area contributed by atoms with E-state index in [1.807, 2.05) is 0 Å². The van der Waals surface area contributed by atoms with Crippen molar-refractivity contribution in [1.29, 1.82) is 0 Å². The minimum absolute atomic E-state index is 0.424. The van der Waals surface area contributed by atoms with Crippen LogP contribution in [-0.4, -0.2) is 9.97 Å². The van der Waals surface area contributed by atoms with Crippen LogP contribution in [0.4, 0.5) is 0 Å². The lowest BCUT2D eigenvalue weighted by Crippen LogP contribution is -2.36. The van der Waals surface area contributed by atoms with Crippen LogP contribution in [0.2, 0.25) is 0 Å². The fourth-order valence-electron chi connectivity index (χ4n) is 3.35. The molecule has 1 N–H and O–H groups in total. The van der Waals surface area contributed by atoms with Crippen LogP contribution in [-0.2, 0) is 0 Å². The van der Waals surface area contributed by atoms with Gasteiger partial charge in [-0.3, -0.25) is 0 Å². The van der Waals surface area contributed by atoms with Gasteiger partial charge in [-0.1, -0.05) is 71.5 Å². The van der Waals surface area contributed by atoms with E-state index in [4.69, 9.17) is 0 Å². The first-order valence-corrected chi connectivity index (χ1v) is 8.86. The fourth-order valence-corrected chi connectivity index (χ4v) is 4.41. The first-order valence-electron chi connectivity index (χ1n) is 7.62. The summed E-state index contributed by atoms with van der Waals surface area (Å²) in [6.45, 7) is 2.30. The third kappa shape index (κ3) is 3.17. The number of fused-ring (bicyclic) bond motifs is 1. The van der Waals surface area contributed by atoms with Gasteiger partial charge < -0.3 is 5.32 Å². The largest absolute Gasteiger partial charge is 0.307 e. The summed E-state index contributed by atoms with van der Waals surface area (Å²) in [7, 11) is 0. The summed E-state index contributed by atoms with van der Waals surface area (Å²) in [6.07, 6.45) is 5.40. The molecule has 106 valence electrons. The molecule has 0 aromatic heterocycles. The molecule has 1 saturated carbocycles. The molecular formula is C18H22IN. The van der Waals surface area contributed by atoms with Crippen LogP contribution in [0.5, 0.6) is 0 Å². The fraction of sp³-hybridized carbons (Fsp3) is 0.444. The van der Waals surface area contributed by atoms with Gasteiger partial charge in [-0.25, -0.2) is 0 Å². The van der Waals surface area contributed by atoms with E-state index < -0.39 is 0 Å². The summed E-state index contributed by atoms with van der Waals surface area (Å²) in [5.74, 6) is 0. The molecule has 2 aromatic rings. The maximum absolute atomic E-state index is 3.85. The SMILES string of the molecule is C[C@@H](N[C@H]1CCC[C@H](I)C1)c1cccc2ccccc12. The number of hydrogen-bond donors (Lipinski definition) is 1. The Morgan fingerprint density at radius 1 is 1.10 bits per heavy atom. The lowest BCUT2D eigenvalue weighted by Gasteiger charge is -2.30. The maximum Gasteiger partial charge on any atom is 0.0300 e. The van der Waals surface area contributed by atoms with Crippen LogP contribution in [0, 0.1) is 0 Å². The Kier molecular flexibility index (Phi) is 4.61. The summed E-state index contributed by atoms with van der Waals surface area (Å²) in [5.41, 5.74) is 1.43. The van der Waals surface area contributed by atoms with Gasteiger partial charge in [0.1, 0.15) is 0 Å². The maximum atomic E-state index is 3.85. The molecule has 0 bridgehead atoms. The van der Waals surface area contributed by atoms with Crippen molar-refractivity contribution < 1.29 is 0 Å². The van der Waals surface area contributed by atoms with Crippen molar-refractivity contribution in [2.45, 2.75) is 48.6 Å². The lowest BCUT2D eigenvalue weighted by molar-refractivity contribution is 0.359. The van der Waals surface area contributed by atoms with Gasteiger partial charge in [0.05, 0.1) is 0 Å². The van der Waals surface area contributed by atoms with Gasteiger partial charge in [0.25, 0.3) is 0 Å². The highest BCUT2D eigenvalue weighted by Gasteiger charge is 2.21. The molecule has 20 heavy (non-hydrogen) atoms. The molecule has 3 rings (SSSR count). The summed E-state index contributed by atoms with van der Waals surface area (Å²) in [6, 6.07) is 16.5. The molecule has 0 spiro atoms. The Hall–Kier alpha value is -0.610. The van der Waals surface area contributed by atoms with Crippen LogP contribution in [0.25, 0.3) is 10.8 Å². The summed E-state index contributed by atoms with van der Waals surface area (Å²) in [5, 5.41) is 6.58. The average molecular weight is 379 g/mol. The van der Waals surface area contributed by atoms with Crippen molar-refractivity contribution in [2.24, 2.45) is 0 Å². The molecule has 3 atom stereocenters. The minimum Gasteiger partial charge on any atom is -0.307 e. The molecule has 1 fully saturated rings. The Morgan fingerprint density at radius 3 is 2.75 bits per heavy atom. The summed E-state index contributed by atoms with van der Waals surface area (Å²) in [4.78, 5) is 0. The molecule has 0 heterocycles. The van der Waals surface area contributed by atoms with E-state index in [0.29, 0.717) is 12.1 Å². The smallest absolute Gasteiger partial charge is 0.0300 e. The zero-order valence-electron chi connectivity index (χ0n) is 12.0. The van der Waals surface area contributed by atoms with Crippen molar-refractivity contribution in [3.05, 3.63) is 48.0 Å². The first-order chi connectivity index (χ1) is 9.74. The van der Waals surface area contributed by atoms with E-state index in [1.165, 1.54) is 42.0 Å². The average Bonchev–Trinajstić information content (AvgIpc) is 2.46. The van der Waals surface area contributed by atoms with E-state index >= 15 is 0 Å². The van der Waals surface area contributed by atoms with E-state index in [-0.39, 0.29) is 0 Å². The highest BCUT2D eigenvalue weighted by atomic mass is 127. The van der Waals surface area contributed by atoms with E-state index in [9.17, 15) is 0 Å². The molecule has 1 aliphatic rings. The van der Waals surface area contributed by atoms with Crippen molar-refractivity contribution in [2.75, 3.05) is 0 Å². The third-order valence-electron chi connectivity index (χ3n) is 4.39.